The first kappa shape index (κ1) is 11.5. The lowest BCUT2D eigenvalue weighted by molar-refractivity contribution is 0.0623. The summed E-state index contributed by atoms with van der Waals surface area (Å²) >= 11 is 1.39. The monoisotopic (exact) mass is 214 g/mol. The van der Waals surface area contributed by atoms with Crippen molar-refractivity contribution in [3.8, 4) is 0 Å². The molecule has 0 aliphatic heterocycles. The van der Waals surface area contributed by atoms with Crippen molar-refractivity contribution in [3.05, 3.63) is 10.7 Å². The quantitative estimate of drug-likeness (QED) is 0.794. The maximum Gasteiger partial charge on any atom is 0.124 e. The topological polar surface area (TPSA) is 59.1 Å². The molecule has 1 rings (SSSR count). The van der Waals surface area contributed by atoms with E-state index in [-0.39, 0.29) is 5.41 Å². The molecule has 1 atom stereocenters. The molecule has 1 aromatic heterocycles. The lowest BCUT2D eigenvalue weighted by atomic mass is 9.90. The zero-order chi connectivity index (χ0) is 10.9. The van der Waals surface area contributed by atoms with Crippen LogP contribution in [0.2, 0.25) is 0 Å². The summed E-state index contributed by atoms with van der Waals surface area (Å²) in [5.74, 6) is 0. The van der Waals surface area contributed by atoms with Crippen LogP contribution in [0.4, 0.5) is 5.00 Å². The Kier molecular flexibility index (Phi) is 3.17. The number of hydrogen-bond donors (Lipinski definition) is 2. The molecule has 14 heavy (non-hydrogen) atoms. The van der Waals surface area contributed by atoms with Gasteiger partial charge in [-0.05, 0) is 11.8 Å². The second-order valence-corrected chi connectivity index (χ2v) is 5.55. The molecule has 1 unspecified atom stereocenters. The summed E-state index contributed by atoms with van der Waals surface area (Å²) in [7, 11) is 0. The number of rotatable bonds is 2. The van der Waals surface area contributed by atoms with Gasteiger partial charge in [0.15, 0.2) is 0 Å². The van der Waals surface area contributed by atoms with E-state index in [1.807, 2.05) is 27.7 Å². The van der Waals surface area contributed by atoms with Crippen molar-refractivity contribution in [1.82, 2.24) is 4.98 Å². The molecular formula is C10H18N2OS. The van der Waals surface area contributed by atoms with Crippen molar-refractivity contribution in [2.24, 2.45) is 5.41 Å². The maximum absolute atomic E-state index is 9.98. The first-order chi connectivity index (χ1) is 6.36. The Hall–Kier alpha value is -0.610. The van der Waals surface area contributed by atoms with Gasteiger partial charge in [-0.25, -0.2) is 4.98 Å². The number of aromatic nitrogens is 1. The fourth-order valence-corrected chi connectivity index (χ4v) is 2.28. The third kappa shape index (κ3) is 2.25. The van der Waals surface area contributed by atoms with Crippen molar-refractivity contribution in [1.29, 1.82) is 0 Å². The minimum Gasteiger partial charge on any atom is -0.389 e. The first-order valence-electron chi connectivity index (χ1n) is 4.79. The van der Waals surface area contributed by atoms with E-state index < -0.39 is 6.10 Å². The highest BCUT2D eigenvalue weighted by Crippen LogP contribution is 2.36. The Balaban J connectivity index is 2.97. The largest absolute Gasteiger partial charge is 0.389 e. The molecule has 4 heteroatoms. The van der Waals surface area contributed by atoms with Gasteiger partial charge in [-0.1, -0.05) is 39.0 Å². The highest BCUT2D eigenvalue weighted by Gasteiger charge is 2.27. The zero-order valence-electron chi connectivity index (χ0n) is 9.16. The fourth-order valence-electron chi connectivity index (χ4n) is 1.12. The number of aliphatic hydroxyl groups is 1. The minimum atomic E-state index is -0.532. The van der Waals surface area contributed by atoms with Crippen molar-refractivity contribution in [2.75, 3.05) is 5.73 Å². The third-order valence-electron chi connectivity index (χ3n) is 2.13. The van der Waals surface area contributed by atoms with Gasteiger partial charge in [0.05, 0.1) is 5.69 Å². The zero-order valence-corrected chi connectivity index (χ0v) is 9.98. The molecule has 1 aromatic rings. The van der Waals surface area contributed by atoms with Gasteiger partial charge >= 0.3 is 0 Å². The molecule has 80 valence electrons. The number of aryl methyl sites for hydroxylation is 1. The summed E-state index contributed by atoms with van der Waals surface area (Å²) in [6.45, 7) is 7.97. The van der Waals surface area contributed by atoms with Crippen molar-refractivity contribution >= 4 is 16.3 Å². The number of nitrogens with two attached hydrogens (primary N) is 1. The van der Waals surface area contributed by atoms with E-state index in [0.29, 0.717) is 0 Å². The van der Waals surface area contributed by atoms with E-state index in [2.05, 4.69) is 4.98 Å². The Morgan fingerprint density at radius 1 is 1.50 bits per heavy atom. The van der Waals surface area contributed by atoms with Crippen LogP contribution < -0.4 is 5.73 Å². The number of nitrogens with zero attached hydrogens (tertiary/aromatic N) is 1. The summed E-state index contributed by atoms with van der Waals surface area (Å²) in [5.41, 5.74) is 6.49. The molecule has 0 amide bonds. The highest BCUT2D eigenvalue weighted by molar-refractivity contribution is 7.15. The van der Waals surface area contributed by atoms with E-state index in [1.165, 1.54) is 11.3 Å². The molecule has 0 radical (unpaired) electrons. The predicted octanol–water partition coefficient (Wildman–Crippen LogP) is 2.37. The summed E-state index contributed by atoms with van der Waals surface area (Å²) in [6.07, 6.45) is 0.286. The Morgan fingerprint density at radius 3 is 2.43 bits per heavy atom. The van der Waals surface area contributed by atoms with Crippen LogP contribution in [0, 0.1) is 5.41 Å². The molecule has 3 nitrogen and oxygen atoms in total. The van der Waals surface area contributed by atoms with Gasteiger partial charge in [-0.2, -0.15) is 0 Å². The molecule has 0 aliphatic carbocycles. The Bertz CT molecular complexity index is 314. The van der Waals surface area contributed by atoms with Crippen molar-refractivity contribution in [3.63, 3.8) is 0 Å². The van der Waals surface area contributed by atoms with Crippen LogP contribution in [0.5, 0.6) is 0 Å². The van der Waals surface area contributed by atoms with E-state index in [0.717, 1.165) is 22.1 Å². The fraction of sp³-hybridized carbons (Fsp3) is 0.700. The second-order valence-electron chi connectivity index (χ2n) is 4.49. The van der Waals surface area contributed by atoms with Gasteiger partial charge in [0.2, 0.25) is 0 Å². The lowest BCUT2D eigenvalue weighted by Crippen LogP contribution is -2.17. The Morgan fingerprint density at radius 2 is 2.07 bits per heavy atom. The predicted molar refractivity (Wildman–Crippen MR) is 60.3 cm³/mol. The van der Waals surface area contributed by atoms with Crippen LogP contribution in [0.3, 0.4) is 0 Å². The minimum absolute atomic E-state index is 0.185. The SMILES string of the molecule is CCc1nc(C(O)C(C)(C)C)sc1N. The molecule has 0 saturated carbocycles. The summed E-state index contributed by atoms with van der Waals surface area (Å²) in [5, 5.41) is 11.4. The van der Waals surface area contributed by atoms with Gasteiger partial charge in [0.25, 0.3) is 0 Å². The van der Waals surface area contributed by atoms with Gasteiger partial charge in [-0.15, -0.1) is 0 Å². The molecule has 0 saturated heterocycles. The van der Waals surface area contributed by atoms with Crippen LogP contribution in [-0.2, 0) is 6.42 Å². The van der Waals surface area contributed by atoms with Crippen LogP contribution in [-0.4, -0.2) is 10.1 Å². The van der Waals surface area contributed by atoms with E-state index in [4.69, 9.17) is 5.73 Å². The van der Waals surface area contributed by atoms with E-state index >= 15 is 0 Å². The van der Waals surface area contributed by atoms with Crippen LogP contribution >= 0.6 is 11.3 Å². The van der Waals surface area contributed by atoms with Gasteiger partial charge in [0.1, 0.15) is 16.1 Å². The second kappa shape index (κ2) is 3.87. The average Bonchev–Trinajstić information content (AvgIpc) is 2.43. The summed E-state index contributed by atoms with van der Waals surface area (Å²) < 4.78 is 0. The lowest BCUT2D eigenvalue weighted by Gasteiger charge is -2.23. The molecular weight excluding hydrogens is 196 g/mol. The average molecular weight is 214 g/mol. The highest BCUT2D eigenvalue weighted by atomic mass is 32.1. The van der Waals surface area contributed by atoms with Crippen LogP contribution in [0.15, 0.2) is 0 Å². The number of nitrogen functional groups attached to an aromatic ring is 1. The van der Waals surface area contributed by atoms with Crippen molar-refractivity contribution in [2.45, 2.75) is 40.2 Å². The van der Waals surface area contributed by atoms with Gasteiger partial charge in [-0.3, -0.25) is 0 Å². The molecule has 0 aromatic carbocycles. The molecule has 0 spiro atoms. The standard InChI is InChI=1S/C10H18N2OS/c1-5-6-8(11)14-9(12-6)7(13)10(2,3)4/h7,13H,5,11H2,1-4H3. The van der Waals surface area contributed by atoms with Crippen LogP contribution in [0.1, 0.15) is 44.5 Å². The normalized spacial score (nSPS) is 14.4. The smallest absolute Gasteiger partial charge is 0.124 e. The maximum atomic E-state index is 9.98. The number of thiazole rings is 1. The summed E-state index contributed by atoms with van der Waals surface area (Å²) in [4.78, 5) is 4.34. The molecule has 3 N–H and O–H groups in total. The Labute approximate surface area is 89.0 Å². The van der Waals surface area contributed by atoms with Crippen molar-refractivity contribution < 1.29 is 5.11 Å². The third-order valence-corrected chi connectivity index (χ3v) is 3.11. The molecule has 0 bridgehead atoms. The molecule has 0 aliphatic rings. The number of hydrogen-bond acceptors (Lipinski definition) is 4. The molecule has 1 heterocycles. The number of anilines is 1. The first-order valence-corrected chi connectivity index (χ1v) is 5.61. The van der Waals surface area contributed by atoms with E-state index in [9.17, 15) is 5.11 Å². The van der Waals surface area contributed by atoms with Gasteiger partial charge < -0.3 is 10.8 Å². The van der Waals surface area contributed by atoms with E-state index in [1.54, 1.807) is 0 Å². The van der Waals surface area contributed by atoms with Gasteiger partial charge in [0, 0.05) is 0 Å². The molecule has 0 fully saturated rings. The number of aliphatic hydroxyl groups excluding tert-OH is 1. The summed E-state index contributed by atoms with van der Waals surface area (Å²) in [6, 6.07) is 0. The van der Waals surface area contributed by atoms with Crippen LogP contribution in [0.25, 0.3) is 0 Å².